The SMILES string of the molecule is CC(C)(C)OC(=O)NC1CCc2cc(Br)ccc2NC1=O.NC1CCc2cc(Br)ccc2NC1=O. The van der Waals surface area contributed by atoms with Gasteiger partial charge in [-0.15, -0.1) is 0 Å². The second-order valence-electron chi connectivity index (χ2n) is 9.46. The van der Waals surface area contributed by atoms with Gasteiger partial charge in [0.25, 0.3) is 0 Å². The fourth-order valence-corrected chi connectivity index (χ4v) is 4.50. The van der Waals surface area contributed by atoms with Crippen LogP contribution >= 0.6 is 31.9 Å². The fraction of sp³-hybridized carbons (Fsp3) is 0.400. The minimum atomic E-state index is -0.592. The van der Waals surface area contributed by atoms with Crippen LogP contribution in [0.3, 0.4) is 0 Å². The standard InChI is InChI=1S/C15H19BrN2O3.C10H11BrN2O/c1-15(2,3)21-14(20)18-12-6-4-9-8-10(16)5-7-11(9)17-13(12)19;11-7-2-4-9-6(5-7)1-3-8(12)10(14)13-9/h5,7-8,12H,4,6H2,1-3H3,(H,17,19)(H,18,20);2,4-5,8H,1,3,12H2,(H,13,14). The summed E-state index contributed by atoms with van der Waals surface area (Å²) in [5, 5.41) is 8.28. The summed E-state index contributed by atoms with van der Waals surface area (Å²) in [5.74, 6) is -0.312. The van der Waals surface area contributed by atoms with E-state index in [0.717, 1.165) is 37.9 Å². The molecule has 0 saturated heterocycles. The number of nitrogens with two attached hydrogens (primary N) is 1. The zero-order valence-corrected chi connectivity index (χ0v) is 23.1. The van der Waals surface area contributed by atoms with Gasteiger partial charge in [0, 0.05) is 20.3 Å². The Labute approximate surface area is 222 Å². The van der Waals surface area contributed by atoms with Gasteiger partial charge in [-0.1, -0.05) is 31.9 Å². The third-order valence-electron chi connectivity index (χ3n) is 5.42. The number of carbonyl (C=O) groups excluding carboxylic acids is 3. The summed E-state index contributed by atoms with van der Waals surface area (Å²) in [6, 6.07) is 10.6. The molecule has 0 aliphatic carbocycles. The summed E-state index contributed by atoms with van der Waals surface area (Å²) in [6.07, 6.45) is 2.21. The quantitative estimate of drug-likeness (QED) is 0.367. The molecule has 3 amide bonds. The van der Waals surface area contributed by atoms with Gasteiger partial charge in [0.1, 0.15) is 11.6 Å². The smallest absolute Gasteiger partial charge is 0.408 e. The first-order valence-corrected chi connectivity index (χ1v) is 12.9. The van der Waals surface area contributed by atoms with Crippen molar-refractivity contribution in [2.24, 2.45) is 5.73 Å². The van der Waals surface area contributed by atoms with Crippen LogP contribution in [-0.2, 0) is 27.2 Å². The Balaban J connectivity index is 0.000000211. The number of hydrogen-bond donors (Lipinski definition) is 4. The van der Waals surface area contributed by atoms with Gasteiger partial charge in [-0.05, 0) is 94.0 Å². The summed E-state index contributed by atoms with van der Waals surface area (Å²) in [7, 11) is 0. The number of fused-ring (bicyclic) bond motifs is 2. The van der Waals surface area contributed by atoms with E-state index in [1.165, 1.54) is 0 Å². The topological polar surface area (TPSA) is 123 Å². The number of halogens is 2. The number of alkyl carbamates (subject to hydrolysis) is 1. The molecule has 10 heteroatoms. The Morgan fingerprint density at radius 2 is 1.46 bits per heavy atom. The van der Waals surface area contributed by atoms with Crippen molar-refractivity contribution in [3.63, 3.8) is 0 Å². The van der Waals surface area contributed by atoms with Crippen molar-refractivity contribution in [3.05, 3.63) is 56.5 Å². The Hall–Kier alpha value is -2.43. The summed E-state index contributed by atoms with van der Waals surface area (Å²) in [6.45, 7) is 5.35. The van der Waals surface area contributed by atoms with E-state index in [2.05, 4.69) is 47.8 Å². The number of hydrogen-bond acceptors (Lipinski definition) is 5. The van der Waals surface area contributed by atoms with Crippen molar-refractivity contribution in [2.75, 3.05) is 10.6 Å². The Kier molecular flexibility index (Phi) is 8.95. The van der Waals surface area contributed by atoms with Crippen molar-refractivity contribution >= 4 is 61.1 Å². The molecule has 5 N–H and O–H groups in total. The normalized spacial score (nSPS) is 19.4. The highest BCUT2D eigenvalue weighted by Crippen LogP contribution is 2.26. The van der Waals surface area contributed by atoms with Crippen LogP contribution in [0.2, 0.25) is 0 Å². The second kappa shape index (κ2) is 11.5. The summed E-state index contributed by atoms with van der Waals surface area (Å²) < 4.78 is 7.18. The van der Waals surface area contributed by atoms with Gasteiger partial charge in [-0.25, -0.2) is 4.79 Å². The lowest BCUT2D eigenvalue weighted by molar-refractivity contribution is -0.118. The highest BCUT2D eigenvalue weighted by molar-refractivity contribution is 9.10. The van der Waals surface area contributed by atoms with Crippen LogP contribution in [0, 0.1) is 0 Å². The molecule has 2 aliphatic rings. The van der Waals surface area contributed by atoms with Gasteiger partial charge in [-0.3, -0.25) is 9.59 Å². The molecule has 0 saturated carbocycles. The van der Waals surface area contributed by atoms with Crippen LogP contribution in [0.4, 0.5) is 16.2 Å². The van der Waals surface area contributed by atoms with Crippen LogP contribution in [0.15, 0.2) is 45.3 Å². The molecule has 0 aromatic heterocycles. The average Bonchev–Trinajstić information content (AvgIpc) is 2.99. The number of anilines is 2. The van der Waals surface area contributed by atoms with Gasteiger partial charge in [0.2, 0.25) is 11.8 Å². The molecule has 35 heavy (non-hydrogen) atoms. The van der Waals surface area contributed by atoms with E-state index in [4.69, 9.17) is 10.5 Å². The van der Waals surface area contributed by atoms with Gasteiger partial charge in [0.15, 0.2) is 0 Å². The third kappa shape index (κ3) is 8.05. The first kappa shape index (κ1) is 27.2. The summed E-state index contributed by atoms with van der Waals surface area (Å²) in [5.41, 5.74) is 8.94. The summed E-state index contributed by atoms with van der Waals surface area (Å²) >= 11 is 6.82. The van der Waals surface area contributed by atoms with Crippen LogP contribution < -0.4 is 21.7 Å². The lowest BCUT2D eigenvalue weighted by Gasteiger charge is -2.22. The fourth-order valence-electron chi connectivity index (χ4n) is 3.69. The molecule has 0 fully saturated rings. The zero-order valence-electron chi connectivity index (χ0n) is 19.9. The summed E-state index contributed by atoms with van der Waals surface area (Å²) in [4.78, 5) is 35.4. The predicted octanol–water partition coefficient (Wildman–Crippen LogP) is 4.89. The van der Waals surface area contributed by atoms with Crippen LogP contribution in [-0.4, -0.2) is 35.6 Å². The third-order valence-corrected chi connectivity index (χ3v) is 6.41. The number of nitrogens with one attached hydrogen (secondary N) is 3. The number of rotatable bonds is 1. The van der Waals surface area contributed by atoms with E-state index >= 15 is 0 Å². The molecule has 188 valence electrons. The Morgan fingerprint density at radius 1 is 0.943 bits per heavy atom. The largest absolute Gasteiger partial charge is 0.444 e. The Morgan fingerprint density at radius 3 is 2.00 bits per heavy atom. The molecular formula is C25H30Br2N4O4. The number of carbonyl (C=O) groups is 3. The molecule has 2 unspecified atom stereocenters. The maximum Gasteiger partial charge on any atom is 0.408 e. The monoisotopic (exact) mass is 608 g/mol. The van der Waals surface area contributed by atoms with E-state index in [0.29, 0.717) is 19.3 Å². The number of benzene rings is 2. The van der Waals surface area contributed by atoms with Crippen molar-refractivity contribution in [2.45, 2.75) is 64.1 Å². The first-order chi connectivity index (χ1) is 16.4. The van der Waals surface area contributed by atoms with Crippen LogP contribution in [0.25, 0.3) is 0 Å². The molecule has 0 bridgehead atoms. The van der Waals surface area contributed by atoms with Crippen molar-refractivity contribution in [3.8, 4) is 0 Å². The molecule has 0 spiro atoms. The zero-order chi connectivity index (χ0) is 25.8. The minimum absolute atomic E-state index is 0.0916. The lowest BCUT2D eigenvalue weighted by Crippen LogP contribution is -2.45. The van der Waals surface area contributed by atoms with E-state index < -0.39 is 17.7 Å². The maximum absolute atomic E-state index is 12.2. The predicted molar refractivity (Wildman–Crippen MR) is 143 cm³/mol. The van der Waals surface area contributed by atoms with Crippen LogP contribution in [0.5, 0.6) is 0 Å². The van der Waals surface area contributed by atoms with E-state index in [-0.39, 0.29) is 17.9 Å². The second-order valence-corrected chi connectivity index (χ2v) is 11.3. The number of ether oxygens (including phenoxy) is 1. The van der Waals surface area contributed by atoms with Crippen molar-refractivity contribution < 1.29 is 19.1 Å². The molecule has 0 radical (unpaired) electrons. The molecule has 2 heterocycles. The highest BCUT2D eigenvalue weighted by Gasteiger charge is 2.27. The molecule has 2 aromatic rings. The first-order valence-electron chi connectivity index (χ1n) is 11.3. The van der Waals surface area contributed by atoms with Gasteiger partial charge < -0.3 is 26.4 Å². The number of amides is 3. The lowest BCUT2D eigenvalue weighted by atomic mass is 10.1. The minimum Gasteiger partial charge on any atom is -0.444 e. The van der Waals surface area contributed by atoms with Gasteiger partial charge in [-0.2, -0.15) is 0 Å². The van der Waals surface area contributed by atoms with Gasteiger partial charge >= 0.3 is 6.09 Å². The van der Waals surface area contributed by atoms with Crippen LogP contribution in [0.1, 0.15) is 44.7 Å². The number of aryl methyl sites for hydroxylation is 2. The average molecular weight is 610 g/mol. The van der Waals surface area contributed by atoms with E-state index in [1.54, 1.807) is 20.8 Å². The van der Waals surface area contributed by atoms with Crippen molar-refractivity contribution in [1.82, 2.24) is 5.32 Å². The van der Waals surface area contributed by atoms with E-state index in [1.807, 2.05) is 36.4 Å². The molecule has 2 atom stereocenters. The van der Waals surface area contributed by atoms with E-state index in [9.17, 15) is 14.4 Å². The molecule has 4 rings (SSSR count). The molecule has 2 aromatic carbocycles. The van der Waals surface area contributed by atoms with Crippen molar-refractivity contribution in [1.29, 1.82) is 0 Å². The molecular weight excluding hydrogens is 580 g/mol. The molecule has 2 aliphatic heterocycles. The molecule has 8 nitrogen and oxygen atoms in total. The highest BCUT2D eigenvalue weighted by atomic mass is 79.9. The maximum atomic E-state index is 12.2. The Bertz CT molecular complexity index is 1120. The van der Waals surface area contributed by atoms with Gasteiger partial charge in [0.05, 0.1) is 6.04 Å².